The third kappa shape index (κ3) is 2.38. The van der Waals surface area contributed by atoms with E-state index in [0.29, 0.717) is 12.2 Å². The lowest BCUT2D eigenvalue weighted by molar-refractivity contribution is 0.1000. The Morgan fingerprint density at radius 2 is 2.41 bits per heavy atom. The quantitative estimate of drug-likeness (QED) is 0.911. The first-order valence-electron chi connectivity index (χ1n) is 7.36. The van der Waals surface area contributed by atoms with Crippen molar-refractivity contribution in [3.8, 4) is 0 Å². The van der Waals surface area contributed by atoms with Crippen molar-refractivity contribution in [2.24, 2.45) is 5.73 Å². The molecular formula is C14H17N5O2S. The van der Waals surface area contributed by atoms with Crippen molar-refractivity contribution >= 4 is 22.4 Å². The highest BCUT2D eigenvalue weighted by atomic mass is 32.1. The first-order chi connectivity index (χ1) is 10.7. The lowest BCUT2D eigenvalue weighted by Gasteiger charge is -2.15. The lowest BCUT2D eigenvalue weighted by atomic mass is 10.2. The SMILES string of the molecule is NC(=O)c1cnn(C2CCN(c3nc4c(s3)COCC4)C2)c1. The number of anilines is 1. The number of carbonyl (C=O) groups excluding carboxylic acids is 1. The van der Waals surface area contributed by atoms with Crippen LogP contribution in [0.1, 0.15) is 33.4 Å². The molecule has 2 aromatic heterocycles. The second-order valence-electron chi connectivity index (χ2n) is 5.63. The van der Waals surface area contributed by atoms with E-state index in [1.807, 2.05) is 4.68 Å². The van der Waals surface area contributed by atoms with Gasteiger partial charge in [-0.05, 0) is 6.42 Å². The van der Waals surface area contributed by atoms with E-state index in [-0.39, 0.29) is 6.04 Å². The number of primary amides is 1. The van der Waals surface area contributed by atoms with E-state index in [9.17, 15) is 4.79 Å². The van der Waals surface area contributed by atoms with Gasteiger partial charge in [0.05, 0.1) is 41.6 Å². The summed E-state index contributed by atoms with van der Waals surface area (Å²) in [6.07, 6.45) is 5.16. The number of nitrogens with zero attached hydrogens (tertiary/aromatic N) is 4. The summed E-state index contributed by atoms with van der Waals surface area (Å²) >= 11 is 1.73. The van der Waals surface area contributed by atoms with Crippen LogP contribution < -0.4 is 10.6 Å². The number of ether oxygens (including phenoxy) is 1. The van der Waals surface area contributed by atoms with E-state index in [1.165, 1.54) is 16.8 Å². The van der Waals surface area contributed by atoms with Gasteiger partial charge in [-0.1, -0.05) is 11.3 Å². The average Bonchev–Trinajstić information content (AvgIpc) is 3.24. The van der Waals surface area contributed by atoms with Gasteiger partial charge in [0, 0.05) is 25.7 Å². The average molecular weight is 319 g/mol. The molecule has 116 valence electrons. The van der Waals surface area contributed by atoms with E-state index in [1.54, 1.807) is 17.5 Å². The summed E-state index contributed by atoms with van der Waals surface area (Å²) in [6.45, 7) is 3.25. The molecule has 0 bridgehead atoms. The Kier molecular flexibility index (Phi) is 3.34. The number of thiazole rings is 1. The number of amides is 1. The zero-order valence-electron chi connectivity index (χ0n) is 12.1. The maximum absolute atomic E-state index is 11.2. The zero-order valence-corrected chi connectivity index (χ0v) is 12.9. The minimum Gasteiger partial charge on any atom is -0.375 e. The summed E-state index contributed by atoms with van der Waals surface area (Å²) in [7, 11) is 0. The molecule has 1 unspecified atom stereocenters. The van der Waals surface area contributed by atoms with Crippen molar-refractivity contribution in [2.75, 3.05) is 24.6 Å². The normalized spacial score (nSPS) is 21.1. The fourth-order valence-electron chi connectivity index (χ4n) is 2.94. The molecule has 0 radical (unpaired) electrons. The number of nitrogens with two attached hydrogens (primary N) is 1. The third-order valence-corrected chi connectivity index (χ3v) is 5.31. The van der Waals surface area contributed by atoms with Crippen LogP contribution in [0, 0.1) is 0 Å². The van der Waals surface area contributed by atoms with Crippen LogP contribution in [0.4, 0.5) is 5.13 Å². The molecule has 0 saturated carbocycles. The molecule has 22 heavy (non-hydrogen) atoms. The molecule has 4 heterocycles. The van der Waals surface area contributed by atoms with Gasteiger partial charge in [0.15, 0.2) is 5.13 Å². The largest absolute Gasteiger partial charge is 0.375 e. The van der Waals surface area contributed by atoms with Gasteiger partial charge in [-0.2, -0.15) is 5.10 Å². The monoisotopic (exact) mass is 319 g/mol. The summed E-state index contributed by atoms with van der Waals surface area (Å²) < 4.78 is 7.33. The smallest absolute Gasteiger partial charge is 0.251 e. The van der Waals surface area contributed by atoms with E-state index in [4.69, 9.17) is 15.5 Å². The molecule has 0 spiro atoms. The minimum atomic E-state index is -0.436. The van der Waals surface area contributed by atoms with Crippen LogP contribution in [0.5, 0.6) is 0 Å². The van der Waals surface area contributed by atoms with Crippen molar-refractivity contribution in [3.63, 3.8) is 0 Å². The zero-order chi connectivity index (χ0) is 15.1. The molecule has 1 amide bonds. The summed E-state index contributed by atoms with van der Waals surface area (Å²) in [5.41, 5.74) is 6.92. The Labute approximate surface area is 131 Å². The molecule has 2 aliphatic heterocycles. The standard InChI is InChI=1S/C14H17N5O2S/c15-13(20)9-5-16-19(6-9)10-1-3-18(7-10)14-17-11-2-4-21-8-12(11)22-14/h5-6,10H,1-4,7-8H2,(H2,15,20). The van der Waals surface area contributed by atoms with Crippen LogP contribution in [0.25, 0.3) is 0 Å². The van der Waals surface area contributed by atoms with E-state index >= 15 is 0 Å². The maximum atomic E-state index is 11.2. The number of aromatic nitrogens is 3. The molecule has 2 N–H and O–H groups in total. The number of fused-ring (bicyclic) bond motifs is 1. The fraction of sp³-hybridized carbons (Fsp3) is 0.500. The minimum absolute atomic E-state index is 0.255. The lowest BCUT2D eigenvalue weighted by Crippen LogP contribution is -2.21. The highest BCUT2D eigenvalue weighted by molar-refractivity contribution is 7.15. The molecule has 4 rings (SSSR count). The Morgan fingerprint density at radius 1 is 1.50 bits per heavy atom. The molecule has 1 fully saturated rings. The number of hydrogen-bond acceptors (Lipinski definition) is 6. The Morgan fingerprint density at radius 3 is 3.18 bits per heavy atom. The molecule has 8 heteroatoms. The van der Waals surface area contributed by atoms with Gasteiger partial charge in [0.1, 0.15) is 0 Å². The fourth-order valence-corrected chi connectivity index (χ4v) is 4.02. The molecule has 1 atom stereocenters. The van der Waals surface area contributed by atoms with Gasteiger partial charge >= 0.3 is 0 Å². The first kappa shape index (κ1) is 13.7. The summed E-state index contributed by atoms with van der Waals surface area (Å²) in [4.78, 5) is 19.5. The summed E-state index contributed by atoms with van der Waals surface area (Å²) in [5.74, 6) is -0.436. The molecule has 7 nitrogen and oxygen atoms in total. The molecule has 2 aromatic rings. The van der Waals surface area contributed by atoms with Crippen LogP contribution in [0.3, 0.4) is 0 Å². The van der Waals surface area contributed by atoms with Crippen molar-refractivity contribution in [1.82, 2.24) is 14.8 Å². The van der Waals surface area contributed by atoms with Gasteiger partial charge in [0.25, 0.3) is 5.91 Å². The molecular weight excluding hydrogens is 302 g/mol. The van der Waals surface area contributed by atoms with E-state index in [0.717, 1.165) is 37.7 Å². The Balaban J connectivity index is 1.49. The van der Waals surface area contributed by atoms with Gasteiger partial charge in [-0.15, -0.1) is 0 Å². The second-order valence-corrected chi connectivity index (χ2v) is 6.69. The predicted molar refractivity (Wildman–Crippen MR) is 82.1 cm³/mol. The van der Waals surface area contributed by atoms with Crippen LogP contribution >= 0.6 is 11.3 Å². The third-order valence-electron chi connectivity index (χ3n) is 4.18. The second kappa shape index (κ2) is 5.36. The highest BCUT2D eigenvalue weighted by Crippen LogP contribution is 2.33. The van der Waals surface area contributed by atoms with Gasteiger partial charge in [-0.25, -0.2) is 4.98 Å². The molecule has 2 aliphatic rings. The van der Waals surface area contributed by atoms with Crippen LogP contribution in [0.2, 0.25) is 0 Å². The maximum Gasteiger partial charge on any atom is 0.251 e. The van der Waals surface area contributed by atoms with Crippen LogP contribution in [0.15, 0.2) is 12.4 Å². The first-order valence-corrected chi connectivity index (χ1v) is 8.17. The van der Waals surface area contributed by atoms with Gasteiger partial charge in [0.2, 0.25) is 0 Å². The van der Waals surface area contributed by atoms with E-state index in [2.05, 4.69) is 10.00 Å². The molecule has 0 aromatic carbocycles. The van der Waals surface area contributed by atoms with Crippen molar-refractivity contribution in [2.45, 2.75) is 25.5 Å². The predicted octanol–water partition coefficient (Wildman–Crippen LogP) is 0.963. The van der Waals surface area contributed by atoms with Gasteiger partial charge in [-0.3, -0.25) is 9.48 Å². The van der Waals surface area contributed by atoms with Gasteiger partial charge < -0.3 is 15.4 Å². The number of rotatable bonds is 3. The molecule has 0 aliphatic carbocycles. The highest BCUT2D eigenvalue weighted by Gasteiger charge is 2.28. The number of carbonyl (C=O) groups is 1. The Hall–Kier alpha value is -1.93. The topological polar surface area (TPSA) is 86.3 Å². The Bertz CT molecular complexity index is 686. The summed E-state index contributed by atoms with van der Waals surface area (Å²) in [6, 6.07) is 0.255. The van der Waals surface area contributed by atoms with Crippen molar-refractivity contribution in [3.05, 3.63) is 28.5 Å². The van der Waals surface area contributed by atoms with Crippen LogP contribution in [-0.2, 0) is 17.8 Å². The van der Waals surface area contributed by atoms with E-state index < -0.39 is 5.91 Å². The van der Waals surface area contributed by atoms with Crippen LogP contribution in [-0.4, -0.2) is 40.4 Å². The molecule has 1 saturated heterocycles. The number of hydrogen-bond donors (Lipinski definition) is 1. The van der Waals surface area contributed by atoms with Crippen molar-refractivity contribution < 1.29 is 9.53 Å². The van der Waals surface area contributed by atoms with Crippen molar-refractivity contribution in [1.29, 1.82) is 0 Å². The summed E-state index contributed by atoms with van der Waals surface area (Å²) in [5, 5.41) is 5.33.